The van der Waals surface area contributed by atoms with Gasteiger partial charge >= 0.3 is 0 Å². The molecule has 9 heteroatoms. The van der Waals surface area contributed by atoms with Crippen LogP contribution in [0.15, 0.2) is 36.4 Å². The first-order valence-electron chi connectivity index (χ1n) is 9.71. The zero-order chi connectivity index (χ0) is 22.4. The average molecular weight is 426 g/mol. The number of ether oxygens (including phenoxy) is 2. The Bertz CT molecular complexity index is 1020. The van der Waals surface area contributed by atoms with Crippen molar-refractivity contribution in [1.82, 2.24) is 5.32 Å². The lowest BCUT2D eigenvalue weighted by molar-refractivity contribution is -0.126. The smallest absolute Gasteiger partial charge is 0.227 e. The average Bonchev–Trinajstić information content (AvgIpc) is 3.17. The molecule has 1 saturated heterocycles. The third kappa shape index (κ3) is 4.86. The molecule has 2 aromatic rings. The molecule has 0 spiro atoms. The minimum Gasteiger partial charge on any atom is -0.497 e. The van der Waals surface area contributed by atoms with E-state index in [1.165, 1.54) is 31.3 Å². The Morgan fingerprint density at radius 2 is 2.06 bits per heavy atom. The number of hydrogen-bond donors (Lipinski definition) is 2. The first-order valence-corrected chi connectivity index (χ1v) is 9.71. The maximum atomic E-state index is 13.6. The highest BCUT2D eigenvalue weighted by atomic mass is 19.1. The van der Waals surface area contributed by atoms with E-state index in [4.69, 9.17) is 14.7 Å². The van der Waals surface area contributed by atoms with Gasteiger partial charge < -0.3 is 25.0 Å². The molecule has 0 bridgehead atoms. The summed E-state index contributed by atoms with van der Waals surface area (Å²) in [4.78, 5) is 26.6. The quantitative estimate of drug-likeness (QED) is 0.628. The maximum absolute atomic E-state index is 13.6. The molecule has 31 heavy (non-hydrogen) atoms. The Morgan fingerprint density at radius 1 is 1.26 bits per heavy atom. The number of rotatable bonds is 8. The minimum atomic E-state index is -0.603. The van der Waals surface area contributed by atoms with Crippen molar-refractivity contribution in [1.29, 1.82) is 5.26 Å². The van der Waals surface area contributed by atoms with Gasteiger partial charge in [-0.3, -0.25) is 9.59 Å². The van der Waals surface area contributed by atoms with Crippen molar-refractivity contribution in [2.75, 3.05) is 44.1 Å². The standard InChI is InChI=1S/C22H23FN4O4/c1-30-15-6-7-20(31-2)19(11-15)27-13-14(10-21(27)28)22(29)26-9-8-25-18-5-3-4-17(23)16(18)12-24/h3-7,11,14,25H,8-10,13H2,1-2H3,(H,26,29). The highest BCUT2D eigenvalue weighted by Gasteiger charge is 2.36. The van der Waals surface area contributed by atoms with E-state index in [1.54, 1.807) is 24.3 Å². The van der Waals surface area contributed by atoms with Crippen molar-refractivity contribution in [2.45, 2.75) is 6.42 Å². The minimum absolute atomic E-state index is 0.0712. The zero-order valence-electron chi connectivity index (χ0n) is 17.3. The highest BCUT2D eigenvalue weighted by molar-refractivity contribution is 6.01. The fourth-order valence-corrected chi connectivity index (χ4v) is 3.44. The number of nitrogens with zero attached hydrogens (tertiary/aromatic N) is 2. The summed E-state index contributed by atoms with van der Waals surface area (Å²) >= 11 is 0. The van der Waals surface area contributed by atoms with Crippen LogP contribution < -0.4 is 25.0 Å². The van der Waals surface area contributed by atoms with Crippen molar-refractivity contribution in [3.63, 3.8) is 0 Å². The predicted molar refractivity (Wildman–Crippen MR) is 113 cm³/mol. The molecule has 0 radical (unpaired) electrons. The number of hydrogen-bond acceptors (Lipinski definition) is 6. The van der Waals surface area contributed by atoms with E-state index in [0.29, 0.717) is 29.4 Å². The van der Waals surface area contributed by atoms with Crippen LogP contribution in [-0.4, -0.2) is 45.7 Å². The third-order valence-corrected chi connectivity index (χ3v) is 5.04. The Kier molecular flexibility index (Phi) is 6.92. The second-order valence-corrected chi connectivity index (χ2v) is 6.94. The van der Waals surface area contributed by atoms with Crippen LogP contribution in [-0.2, 0) is 9.59 Å². The van der Waals surface area contributed by atoms with E-state index in [-0.39, 0.29) is 36.9 Å². The van der Waals surface area contributed by atoms with Crippen molar-refractivity contribution in [3.8, 4) is 17.6 Å². The van der Waals surface area contributed by atoms with Crippen LogP contribution in [0, 0.1) is 23.1 Å². The van der Waals surface area contributed by atoms with Crippen LogP contribution in [0.25, 0.3) is 0 Å². The van der Waals surface area contributed by atoms with Gasteiger partial charge in [0, 0.05) is 32.1 Å². The number of carbonyl (C=O) groups is 2. The van der Waals surface area contributed by atoms with Crippen molar-refractivity contribution in [2.24, 2.45) is 5.92 Å². The van der Waals surface area contributed by atoms with Gasteiger partial charge in [-0.2, -0.15) is 5.26 Å². The molecule has 8 nitrogen and oxygen atoms in total. The zero-order valence-corrected chi connectivity index (χ0v) is 17.3. The number of anilines is 2. The van der Waals surface area contributed by atoms with E-state index in [2.05, 4.69) is 10.6 Å². The van der Waals surface area contributed by atoms with Crippen LogP contribution >= 0.6 is 0 Å². The van der Waals surface area contributed by atoms with Crippen LogP contribution in [0.5, 0.6) is 11.5 Å². The van der Waals surface area contributed by atoms with Gasteiger partial charge in [-0.15, -0.1) is 0 Å². The van der Waals surface area contributed by atoms with E-state index >= 15 is 0 Å². The summed E-state index contributed by atoms with van der Waals surface area (Å²) in [6, 6.07) is 11.3. The van der Waals surface area contributed by atoms with Crippen molar-refractivity contribution < 1.29 is 23.5 Å². The second kappa shape index (κ2) is 9.80. The van der Waals surface area contributed by atoms with Gasteiger partial charge in [0.2, 0.25) is 11.8 Å². The SMILES string of the molecule is COc1ccc(OC)c(N2CC(C(=O)NCCNc3cccc(F)c3C#N)CC2=O)c1. The largest absolute Gasteiger partial charge is 0.497 e. The molecule has 1 aliphatic rings. The number of halogens is 1. The van der Waals surface area contributed by atoms with Crippen LogP contribution in [0.2, 0.25) is 0 Å². The summed E-state index contributed by atoms with van der Waals surface area (Å²) in [7, 11) is 3.05. The molecule has 0 aromatic heterocycles. The van der Waals surface area contributed by atoms with E-state index in [0.717, 1.165) is 0 Å². The second-order valence-electron chi connectivity index (χ2n) is 6.94. The fraction of sp³-hybridized carbons (Fsp3) is 0.318. The van der Waals surface area contributed by atoms with Crippen LogP contribution in [0.3, 0.4) is 0 Å². The Hall–Kier alpha value is -3.80. The normalized spacial score (nSPS) is 15.4. The van der Waals surface area contributed by atoms with E-state index < -0.39 is 11.7 Å². The monoisotopic (exact) mass is 426 g/mol. The molecule has 1 heterocycles. The van der Waals surface area contributed by atoms with Gasteiger partial charge in [0.1, 0.15) is 28.9 Å². The van der Waals surface area contributed by atoms with E-state index in [1.807, 2.05) is 6.07 Å². The number of methoxy groups -OCH3 is 2. The fourth-order valence-electron chi connectivity index (χ4n) is 3.44. The van der Waals surface area contributed by atoms with Crippen LogP contribution in [0.1, 0.15) is 12.0 Å². The number of nitrogens with one attached hydrogen (secondary N) is 2. The summed E-state index contributed by atoms with van der Waals surface area (Å²) in [6.07, 6.45) is 0.0854. The molecule has 1 atom stereocenters. The number of amides is 2. The van der Waals surface area contributed by atoms with Gasteiger partial charge in [0.15, 0.2) is 0 Å². The number of benzene rings is 2. The summed E-state index contributed by atoms with van der Waals surface area (Å²) < 4.78 is 24.2. The van der Waals surface area contributed by atoms with Gasteiger partial charge in [0.25, 0.3) is 0 Å². The van der Waals surface area contributed by atoms with Crippen molar-refractivity contribution >= 4 is 23.2 Å². The number of nitriles is 1. The van der Waals surface area contributed by atoms with Gasteiger partial charge in [-0.1, -0.05) is 6.07 Å². The molecular weight excluding hydrogens is 403 g/mol. The Labute approximate surface area is 179 Å². The van der Waals surface area contributed by atoms with Gasteiger partial charge in [-0.25, -0.2) is 4.39 Å². The van der Waals surface area contributed by atoms with Crippen LogP contribution in [0.4, 0.5) is 15.8 Å². The lowest BCUT2D eigenvalue weighted by atomic mass is 10.1. The Balaban J connectivity index is 1.57. The first kappa shape index (κ1) is 21.9. The summed E-state index contributed by atoms with van der Waals surface area (Å²) in [5, 5.41) is 14.8. The molecule has 1 unspecified atom stereocenters. The first-order chi connectivity index (χ1) is 15.0. The topological polar surface area (TPSA) is 104 Å². The summed E-state index contributed by atoms with van der Waals surface area (Å²) in [6.45, 7) is 0.787. The predicted octanol–water partition coefficient (Wildman–Crippen LogP) is 2.30. The van der Waals surface area contributed by atoms with Gasteiger partial charge in [0.05, 0.1) is 31.5 Å². The number of carbonyl (C=O) groups excluding carboxylic acids is 2. The van der Waals surface area contributed by atoms with Gasteiger partial charge in [-0.05, 0) is 24.3 Å². The highest BCUT2D eigenvalue weighted by Crippen LogP contribution is 2.36. The lowest BCUT2D eigenvalue weighted by Gasteiger charge is -2.20. The molecule has 2 amide bonds. The molecular formula is C22H23FN4O4. The maximum Gasteiger partial charge on any atom is 0.227 e. The third-order valence-electron chi connectivity index (χ3n) is 5.04. The molecule has 3 rings (SSSR count). The van der Waals surface area contributed by atoms with E-state index in [9.17, 15) is 14.0 Å². The van der Waals surface area contributed by atoms with Crippen molar-refractivity contribution in [3.05, 3.63) is 47.8 Å². The molecule has 1 fully saturated rings. The molecule has 1 aliphatic heterocycles. The summed E-state index contributed by atoms with van der Waals surface area (Å²) in [5.74, 6) is -0.441. The Morgan fingerprint density at radius 3 is 2.77 bits per heavy atom. The lowest BCUT2D eigenvalue weighted by Crippen LogP contribution is -2.35. The molecule has 162 valence electrons. The summed E-state index contributed by atoms with van der Waals surface area (Å²) in [5.41, 5.74) is 0.848. The molecule has 0 aliphatic carbocycles. The molecule has 2 N–H and O–H groups in total. The molecule has 0 saturated carbocycles. The molecule has 2 aromatic carbocycles.